The minimum absolute atomic E-state index is 0. The highest BCUT2D eigenvalue weighted by Gasteiger charge is 2.35. The quantitative estimate of drug-likeness (QED) is 0.685. The number of hydrogen-bond donors (Lipinski definition) is 1. The van der Waals surface area contributed by atoms with E-state index in [1.165, 1.54) is 0 Å². The molecule has 20 heavy (non-hydrogen) atoms. The Morgan fingerprint density at radius 2 is 2.00 bits per heavy atom. The SMILES string of the molecule is CCOC(=O)C[C@@H](N)c1cc(F)ccc1C(F)(F)F.Cl. The summed E-state index contributed by atoms with van der Waals surface area (Å²) in [4.78, 5) is 11.2. The molecule has 0 unspecified atom stereocenters. The van der Waals surface area contributed by atoms with Gasteiger partial charge in [0.2, 0.25) is 0 Å². The number of esters is 1. The molecule has 0 spiro atoms. The van der Waals surface area contributed by atoms with E-state index in [9.17, 15) is 22.4 Å². The van der Waals surface area contributed by atoms with Crippen LogP contribution in [-0.2, 0) is 15.7 Å². The average Bonchev–Trinajstić information content (AvgIpc) is 2.27. The molecule has 2 N–H and O–H groups in total. The van der Waals surface area contributed by atoms with Crippen molar-refractivity contribution in [2.24, 2.45) is 5.73 Å². The number of carbonyl (C=O) groups is 1. The van der Waals surface area contributed by atoms with Gasteiger partial charge in [0.25, 0.3) is 0 Å². The number of carbonyl (C=O) groups excluding carboxylic acids is 1. The van der Waals surface area contributed by atoms with E-state index in [-0.39, 0.29) is 19.0 Å². The van der Waals surface area contributed by atoms with E-state index >= 15 is 0 Å². The van der Waals surface area contributed by atoms with Crippen LogP contribution in [0.15, 0.2) is 18.2 Å². The van der Waals surface area contributed by atoms with Gasteiger partial charge in [0.1, 0.15) is 5.82 Å². The van der Waals surface area contributed by atoms with E-state index < -0.39 is 41.6 Å². The van der Waals surface area contributed by atoms with Crippen LogP contribution in [0.1, 0.15) is 30.5 Å². The zero-order valence-corrected chi connectivity index (χ0v) is 11.4. The van der Waals surface area contributed by atoms with Gasteiger partial charge in [-0.1, -0.05) is 0 Å². The Hall–Kier alpha value is -1.34. The molecule has 1 aromatic rings. The van der Waals surface area contributed by atoms with Crippen molar-refractivity contribution >= 4 is 18.4 Å². The number of nitrogens with two attached hydrogens (primary N) is 1. The fourth-order valence-electron chi connectivity index (χ4n) is 1.61. The Kier molecular flexibility index (Phi) is 6.95. The third kappa shape index (κ3) is 4.97. The molecule has 0 aliphatic carbocycles. The largest absolute Gasteiger partial charge is 0.466 e. The average molecular weight is 316 g/mol. The van der Waals surface area contributed by atoms with Gasteiger partial charge in [-0.15, -0.1) is 12.4 Å². The van der Waals surface area contributed by atoms with Crippen molar-refractivity contribution in [2.75, 3.05) is 6.61 Å². The van der Waals surface area contributed by atoms with E-state index in [0.717, 1.165) is 0 Å². The number of rotatable bonds is 4. The number of hydrogen-bond acceptors (Lipinski definition) is 3. The lowest BCUT2D eigenvalue weighted by atomic mass is 9.98. The first-order chi connectivity index (χ1) is 8.75. The van der Waals surface area contributed by atoms with Gasteiger partial charge in [-0.2, -0.15) is 13.2 Å². The Morgan fingerprint density at radius 1 is 1.40 bits per heavy atom. The van der Waals surface area contributed by atoms with Crippen molar-refractivity contribution in [1.82, 2.24) is 0 Å². The summed E-state index contributed by atoms with van der Waals surface area (Å²) >= 11 is 0. The number of alkyl halides is 3. The lowest BCUT2D eigenvalue weighted by Crippen LogP contribution is -2.21. The van der Waals surface area contributed by atoms with E-state index in [4.69, 9.17) is 5.73 Å². The summed E-state index contributed by atoms with van der Waals surface area (Å²) in [6.45, 7) is 1.66. The van der Waals surface area contributed by atoms with Crippen molar-refractivity contribution in [1.29, 1.82) is 0 Å². The first kappa shape index (κ1) is 18.7. The van der Waals surface area contributed by atoms with Crippen LogP contribution in [0.3, 0.4) is 0 Å². The molecule has 0 saturated carbocycles. The van der Waals surface area contributed by atoms with Crippen LogP contribution in [0.5, 0.6) is 0 Å². The molecule has 0 aliphatic heterocycles. The summed E-state index contributed by atoms with van der Waals surface area (Å²) in [7, 11) is 0. The number of halogens is 5. The highest BCUT2D eigenvalue weighted by molar-refractivity contribution is 5.85. The van der Waals surface area contributed by atoms with E-state index in [2.05, 4.69) is 4.74 Å². The standard InChI is InChI=1S/C12H13F4NO2.ClH/c1-2-19-11(18)6-10(17)8-5-7(13)3-4-9(8)12(14,15)16;/h3-5,10H,2,6,17H2,1H3;1H/t10-;/m1./s1. The molecule has 114 valence electrons. The second kappa shape index (κ2) is 7.44. The minimum atomic E-state index is -4.66. The van der Waals surface area contributed by atoms with Gasteiger partial charge >= 0.3 is 12.1 Å². The van der Waals surface area contributed by atoms with Crippen LogP contribution in [0.4, 0.5) is 17.6 Å². The summed E-state index contributed by atoms with van der Waals surface area (Å²) in [5.74, 6) is -1.57. The summed E-state index contributed by atoms with van der Waals surface area (Å²) in [6, 6.07) is 0.720. The molecule has 8 heteroatoms. The van der Waals surface area contributed by atoms with Crippen molar-refractivity contribution in [3.05, 3.63) is 35.1 Å². The maximum absolute atomic E-state index is 13.0. The third-order valence-corrected chi connectivity index (χ3v) is 2.41. The van der Waals surface area contributed by atoms with Crippen LogP contribution in [0, 0.1) is 5.82 Å². The van der Waals surface area contributed by atoms with Crippen molar-refractivity contribution in [3.63, 3.8) is 0 Å². The first-order valence-corrected chi connectivity index (χ1v) is 5.53. The predicted molar refractivity (Wildman–Crippen MR) is 66.8 cm³/mol. The second-order valence-corrected chi connectivity index (χ2v) is 3.84. The molecule has 0 fully saturated rings. The van der Waals surface area contributed by atoms with Gasteiger partial charge in [-0.05, 0) is 30.7 Å². The summed E-state index contributed by atoms with van der Waals surface area (Å²) in [5.41, 5.74) is 4.02. The fourth-order valence-corrected chi connectivity index (χ4v) is 1.61. The van der Waals surface area contributed by atoms with Crippen LogP contribution >= 0.6 is 12.4 Å². The smallest absolute Gasteiger partial charge is 0.416 e. The van der Waals surface area contributed by atoms with E-state index in [0.29, 0.717) is 18.2 Å². The van der Waals surface area contributed by atoms with Crippen LogP contribution in [0.25, 0.3) is 0 Å². The normalized spacial score (nSPS) is 12.5. The molecule has 1 aromatic carbocycles. The van der Waals surface area contributed by atoms with Gasteiger partial charge in [-0.3, -0.25) is 4.79 Å². The monoisotopic (exact) mass is 315 g/mol. The molecular formula is C12H14ClF4NO2. The maximum Gasteiger partial charge on any atom is 0.416 e. The van der Waals surface area contributed by atoms with Crippen LogP contribution in [0.2, 0.25) is 0 Å². The highest BCUT2D eigenvalue weighted by atomic mass is 35.5. The molecule has 0 radical (unpaired) electrons. The Labute approximate surface area is 119 Å². The zero-order chi connectivity index (χ0) is 14.6. The van der Waals surface area contributed by atoms with Crippen molar-refractivity contribution in [2.45, 2.75) is 25.6 Å². The number of benzene rings is 1. The molecular weight excluding hydrogens is 302 g/mol. The predicted octanol–water partition coefficient (Wildman–Crippen LogP) is 3.22. The topological polar surface area (TPSA) is 52.3 Å². The van der Waals surface area contributed by atoms with Crippen LogP contribution < -0.4 is 5.73 Å². The van der Waals surface area contributed by atoms with Crippen LogP contribution in [-0.4, -0.2) is 12.6 Å². The first-order valence-electron chi connectivity index (χ1n) is 5.53. The van der Waals surface area contributed by atoms with E-state index in [1.54, 1.807) is 6.92 Å². The summed E-state index contributed by atoms with van der Waals surface area (Å²) in [6.07, 6.45) is -5.10. The van der Waals surface area contributed by atoms with Gasteiger partial charge < -0.3 is 10.5 Å². The van der Waals surface area contributed by atoms with Crippen molar-refractivity contribution < 1.29 is 27.1 Å². The van der Waals surface area contributed by atoms with E-state index in [1.807, 2.05) is 0 Å². The molecule has 0 heterocycles. The molecule has 0 bridgehead atoms. The fraction of sp³-hybridized carbons (Fsp3) is 0.417. The summed E-state index contributed by atoms with van der Waals surface area (Å²) in [5, 5.41) is 0. The Morgan fingerprint density at radius 3 is 2.50 bits per heavy atom. The molecule has 1 rings (SSSR count). The molecule has 3 nitrogen and oxygen atoms in total. The lowest BCUT2D eigenvalue weighted by molar-refractivity contribution is -0.144. The Balaban J connectivity index is 0.00000361. The molecule has 0 saturated heterocycles. The zero-order valence-electron chi connectivity index (χ0n) is 10.5. The second-order valence-electron chi connectivity index (χ2n) is 3.84. The molecule has 0 aromatic heterocycles. The maximum atomic E-state index is 13.0. The summed E-state index contributed by atoms with van der Waals surface area (Å²) < 4.78 is 55.8. The Bertz CT molecular complexity index is 465. The van der Waals surface area contributed by atoms with Gasteiger partial charge in [0, 0.05) is 6.04 Å². The lowest BCUT2D eigenvalue weighted by Gasteiger charge is -2.17. The minimum Gasteiger partial charge on any atom is -0.466 e. The van der Waals surface area contributed by atoms with Gasteiger partial charge in [0.05, 0.1) is 18.6 Å². The van der Waals surface area contributed by atoms with Gasteiger partial charge in [0.15, 0.2) is 0 Å². The highest BCUT2D eigenvalue weighted by Crippen LogP contribution is 2.35. The molecule has 1 atom stereocenters. The van der Waals surface area contributed by atoms with Crippen molar-refractivity contribution in [3.8, 4) is 0 Å². The molecule has 0 amide bonds. The third-order valence-electron chi connectivity index (χ3n) is 2.41. The van der Waals surface area contributed by atoms with Gasteiger partial charge in [-0.25, -0.2) is 4.39 Å². The number of ether oxygens (including phenoxy) is 1. The molecule has 0 aliphatic rings.